The molecule has 0 heterocycles. The Labute approximate surface area is 177 Å². The smallest absolute Gasteiger partial charge is 0.311 e. The number of hydrogen-bond donors (Lipinski definition) is 1. The first-order valence-electron chi connectivity index (χ1n) is 11.9. The average Bonchev–Trinajstić information content (AvgIpc) is 2.73. The van der Waals surface area contributed by atoms with Crippen LogP contribution in [-0.4, -0.2) is 11.1 Å². The lowest BCUT2D eigenvalue weighted by atomic mass is 9.83. The Bertz CT molecular complexity index is 590. The summed E-state index contributed by atoms with van der Waals surface area (Å²) in [6, 6.07) is 6.28. The molecule has 0 saturated carbocycles. The topological polar surface area (TPSA) is 46.5 Å². The SMILES string of the molecule is CCCCCCC1C=CC(CCCCCCCC(=O)Oc2ccc(O)cc2)CC1. The van der Waals surface area contributed by atoms with Crippen LogP contribution in [-0.2, 0) is 4.79 Å². The molecular weight excluding hydrogens is 360 g/mol. The zero-order valence-corrected chi connectivity index (χ0v) is 18.3. The normalized spacial score (nSPS) is 18.7. The van der Waals surface area contributed by atoms with E-state index in [0.717, 1.165) is 24.7 Å². The summed E-state index contributed by atoms with van der Waals surface area (Å²) >= 11 is 0. The number of phenols is 1. The minimum atomic E-state index is -0.188. The third-order valence-electron chi connectivity index (χ3n) is 6.02. The zero-order valence-electron chi connectivity index (χ0n) is 18.3. The van der Waals surface area contributed by atoms with Crippen LogP contribution in [0.4, 0.5) is 0 Å². The van der Waals surface area contributed by atoms with Gasteiger partial charge in [0.2, 0.25) is 0 Å². The lowest BCUT2D eigenvalue weighted by Gasteiger charge is -2.22. The van der Waals surface area contributed by atoms with Crippen molar-refractivity contribution in [2.24, 2.45) is 11.8 Å². The van der Waals surface area contributed by atoms with Gasteiger partial charge in [0, 0.05) is 6.42 Å². The second-order valence-corrected chi connectivity index (χ2v) is 8.61. The van der Waals surface area contributed by atoms with Crippen LogP contribution >= 0.6 is 0 Å². The fraction of sp³-hybridized carbons (Fsp3) is 0.654. The molecule has 0 radical (unpaired) electrons. The zero-order chi connectivity index (χ0) is 20.7. The van der Waals surface area contributed by atoms with Gasteiger partial charge in [0.25, 0.3) is 0 Å². The van der Waals surface area contributed by atoms with Gasteiger partial charge in [-0.2, -0.15) is 0 Å². The molecule has 1 aliphatic rings. The summed E-state index contributed by atoms with van der Waals surface area (Å²) in [5.74, 6) is 2.12. The molecule has 0 aliphatic heterocycles. The Kier molecular flexibility index (Phi) is 11.6. The molecule has 3 heteroatoms. The number of benzene rings is 1. The van der Waals surface area contributed by atoms with Crippen molar-refractivity contribution in [2.75, 3.05) is 0 Å². The van der Waals surface area contributed by atoms with E-state index in [0.29, 0.717) is 12.2 Å². The number of carbonyl (C=O) groups excluding carboxylic acids is 1. The predicted octanol–water partition coefficient (Wildman–Crippen LogP) is 7.58. The molecule has 2 unspecified atom stereocenters. The van der Waals surface area contributed by atoms with Gasteiger partial charge >= 0.3 is 5.97 Å². The second-order valence-electron chi connectivity index (χ2n) is 8.61. The van der Waals surface area contributed by atoms with Gasteiger partial charge in [-0.3, -0.25) is 4.79 Å². The van der Waals surface area contributed by atoms with E-state index in [2.05, 4.69) is 19.1 Å². The van der Waals surface area contributed by atoms with E-state index >= 15 is 0 Å². The molecule has 29 heavy (non-hydrogen) atoms. The van der Waals surface area contributed by atoms with Crippen LogP contribution in [0.5, 0.6) is 11.5 Å². The van der Waals surface area contributed by atoms with Crippen molar-refractivity contribution in [1.29, 1.82) is 0 Å². The van der Waals surface area contributed by atoms with E-state index in [9.17, 15) is 9.90 Å². The minimum absolute atomic E-state index is 0.177. The Morgan fingerprint density at radius 2 is 1.41 bits per heavy atom. The molecule has 0 spiro atoms. The Balaban J connectivity index is 1.44. The molecule has 0 fully saturated rings. The van der Waals surface area contributed by atoms with Crippen molar-refractivity contribution in [3.05, 3.63) is 36.4 Å². The second kappa shape index (κ2) is 14.3. The van der Waals surface area contributed by atoms with Crippen molar-refractivity contribution in [1.82, 2.24) is 0 Å². The van der Waals surface area contributed by atoms with E-state index < -0.39 is 0 Å². The summed E-state index contributed by atoms with van der Waals surface area (Å²) in [4.78, 5) is 11.8. The van der Waals surface area contributed by atoms with Crippen molar-refractivity contribution in [2.45, 2.75) is 96.8 Å². The fourth-order valence-electron chi connectivity index (χ4n) is 4.15. The molecule has 0 bridgehead atoms. The van der Waals surface area contributed by atoms with E-state index in [1.54, 1.807) is 12.1 Å². The first-order valence-corrected chi connectivity index (χ1v) is 11.9. The lowest BCUT2D eigenvalue weighted by Crippen LogP contribution is -2.09. The van der Waals surface area contributed by atoms with Crippen LogP contribution in [0.2, 0.25) is 0 Å². The molecule has 0 aromatic heterocycles. The number of rotatable bonds is 14. The first-order chi connectivity index (χ1) is 14.2. The van der Waals surface area contributed by atoms with Crippen LogP contribution in [0.3, 0.4) is 0 Å². The molecule has 1 N–H and O–H groups in total. The summed E-state index contributed by atoms with van der Waals surface area (Å²) in [5.41, 5.74) is 0. The number of esters is 1. The average molecular weight is 401 g/mol. The van der Waals surface area contributed by atoms with Crippen molar-refractivity contribution in [3.63, 3.8) is 0 Å². The summed E-state index contributed by atoms with van der Waals surface area (Å²) in [6.07, 6.45) is 22.2. The maximum atomic E-state index is 11.8. The summed E-state index contributed by atoms with van der Waals surface area (Å²) in [6.45, 7) is 2.28. The summed E-state index contributed by atoms with van der Waals surface area (Å²) in [7, 11) is 0. The van der Waals surface area contributed by atoms with Gasteiger partial charge in [-0.25, -0.2) is 0 Å². The molecule has 1 aromatic carbocycles. The molecule has 2 rings (SSSR count). The molecule has 3 nitrogen and oxygen atoms in total. The van der Waals surface area contributed by atoms with Gasteiger partial charge in [-0.05, 0) is 68.2 Å². The van der Waals surface area contributed by atoms with Gasteiger partial charge in [0.05, 0.1) is 0 Å². The maximum Gasteiger partial charge on any atom is 0.311 e. The number of unbranched alkanes of at least 4 members (excludes halogenated alkanes) is 7. The summed E-state index contributed by atoms with van der Waals surface area (Å²) in [5, 5.41) is 9.23. The van der Waals surface area contributed by atoms with Crippen LogP contribution in [0.25, 0.3) is 0 Å². The highest BCUT2D eigenvalue weighted by Crippen LogP contribution is 2.29. The predicted molar refractivity (Wildman–Crippen MR) is 120 cm³/mol. The van der Waals surface area contributed by atoms with E-state index in [1.165, 1.54) is 82.8 Å². The quantitative estimate of drug-likeness (QED) is 0.151. The monoisotopic (exact) mass is 400 g/mol. The maximum absolute atomic E-state index is 11.8. The molecule has 162 valence electrons. The Morgan fingerprint density at radius 3 is 2.00 bits per heavy atom. The van der Waals surface area contributed by atoms with Crippen LogP contribution in [0.1, 0.15) is 96.8 Å². The number of aromatic hydroxyl groups is 1. The standard InChI is InChI=1S/C26H40O3/c1-2-3-4-8-11-22-14-16-23(17-15-22)12-9-6-5-7-10-13-26(28)29-25-20-18-24(27)19-21-25/h14,16,18-23,27H,2-13,15,17H2,1H3. The third-order valence-corrected chi connectivity index (χ3v) is 6.02. The van der Waals surface area contributed by atoms with Crippen molar-refractivity contribution >= 4 is 5.97 Å². The molecular formula is C26H40O3. The number of carbonyl (C=O) groups is 1. The largest absolute Gasteiger partial charge is 0.508 e. The molecule has 1 aromatic rings. The highest BCUT2D eigenvalue weighted by atomic mass is 16.5. The highest BCUT2D eigenvalue weighted by Gasteiger charge is 2.15. The van der Waals surface area contributed by atoms with Gasteiger partial charge in [0.15, 0.2) is 0 Å². The van der Waals surface area contributed by atoms with E-state index in [-0.39, 0.29) is 11.7 Å². The Hall–Kier alpha value is -1.77. The van der Waals surface area contributed by atoms with Crippen LogP contribution < -0.4 is 4.74 Å². The minimum Gasteiger partial charge on any atom is -0.508 e. The molecule has 1 aliphatic carbocycles. The fourth-order valence-corrected chi connectivity index (χ4v) is 4.15. The van der Waals surface area contributed by atoms with Crippen molar-refractivity contribution in [3.8, 4) is 11.5 Å². The van der Waals surface area contributed by atoms with Crippen LogP contribution in [0.15, 0.2) is 36.4 Å². The first kappa shape index (κ1) is 23.5. The van der Waals surface area contributed by atoms with Gasteiger partial charge in [-0.1, -0.05) is 70.4 Å². The van der Waals surface area contributed by atoms with Crippen LogP contribution in [0, 0.1) is 11.8 Å². The number of phenolic OH excluding ortho intramolecular Hbond substituents is 1. The van der Waals surface area contributed by atoms with Gasteiger partial charge < -0.3 is 9.84 Å². The van der Waals surface area contributed by atoms with E-state index in [4.69, 9.17) is 4.74 Å². The highest BCUT2D eigenvalue weighted by molar-refractivity contribution is 5.72. The lowest BCUT2D eigenvalue weighted by molar-refractivity contribution is -0.134. The van der Waals surface area contributed by atoms with Crippen molar-refractivity contribution < 1.29 is 14.6 Å². The number of hydrogen-bond acceptors (Lipinski definition) is 3. The van der Waals surface area contributed by atoms with Gasteiger partial charge in [-0.15, -0.1) is 0 Å². The molecule has 0 amide bonds. The molecule has 0 saturated heterocycles. The Morgan fingerprint density at radius 1 is 0.862 bits per heavy atom. The van der Waals surface area contributed by atoms with Gasteiger partial charge in [0.1, 0.15) is 11.5 Å². The van der Waals surface area contributed by atoms with E-state index in [1.807, 2.05) is 0 Å². The number of allylic oxidation sites excluding steroid dienone is 2. The number of ether oxygens (including phenoxy) is 1. The third kappa shape index (κ3) is 10.5. The molecule has 2 atom stereocenters. The summed E-state index contributed by atoms with van der Waals surface area (Å²) < 4.78 is 5.26.